The van der Waals surface area contributed by atoms with Crippen molar-refractivity contribution in [1.29, 1.82) is 0 Å². The molecule has 0 spiro atoms. The lowest BCUT2D eigenvalue weighted by Gasteiger charge is -2.33. The molecule has 0 bridgehead atoms. The van der Waals surface area contributed by atoms with Crippen LogP contribution in [-0.2, 0) is 4.74 Å². The highest BCUT2D eigenvalue weighted by Gasteiger charge is 2.64. The molecule has 1 amide bonds. The Morgan fingerprint density at radius 2 is 1.83 bits per heavy atom. The number of hydrogen-bond donors (Lipinski definition) is 1. The lowest BCUT2D eigenvalue weighted by Crippen LogP contribution is -2.57. The Morgan fingerprint density at radius 1 is 1.29 bits per heavy atom. The summed E-state index contributed by atoms with van der Waals surface area (Å²) in [7, 11) is 0. The van der Waals surface area contributed by atoms with Crippen LogP contribution in [-0.4, -0.2) is 39.4 Å². The Balaban J connectivity index is 2.41. The zero-order chi connectivity index (χ0) is 18.3. The molecule has 0 saturated heterocycles. The number of hydrazone groups is 1. The average Bonchev–Trinajstić information content (AvgIpc) is 2.76. The fraction of sp³-hybridized carbons (Fsp3) is 0.467. The van der Waals surface area contributed by atoms with Crippen LogP contribution < -0.4 is 0 Å². The predicted molar refractivity (Wildman–Crippen MR) is 81.7 cm³/mol. The number of benzene rings is 1. The summed E-state index contributed by atoms with van der Waals surface area (Å²) in [6.07, 6.45) is -7.40. The molecule has 1 aliphatic rings. The zero-order valence-electron chi connectivity index (χ0n) is 13.2. The van der Waals surface area contributed by atoms with E-state index in [1.165, 1.54) is 45.0 Å². The first-order valence-corrected chi connectivity index (χ1v) is 7.37. The zero-order valence-corrected chi connectivity index (χ0v) is 13.9. The standard InChI is InChI=1S/C15H16ClF3N2O3/c1-13(2,3)24-12(22)21-14(23,15(17,18)19)8-11(20-21)9-4-6-10(16)7-5-9/h4-7,23H,8H2,1-3H3/t14-/m1/s1. The highest BCUT2D eigenvalue weighted by atomic mass is 35.5. The molecular formula is C15H16ClF3N2O3. The van der Waals surface area contributed by atoms with Gasteiger partial charge in [-0.15, -0.1) is 0 Å². The molecule has 1 aromatic carbocycles. The van der Waals surface area contributed by atoms with Crippen LogP contribution in [0, 0.1) is 0 Å². The maximum Gasteiger partial charge on any atom is 0.439 e. The first kappa shape index (κ1) is 18.5. The molecule has 24 heavy (non-hydrogen) atoms. The van der Waals surface area contributed by atoms with Crippen molar-refractivity contribution < 1.29 is 27.8 Å². The highest BCUT2D eigenvalue weighted by molar-refractivity contribution is 6.30. The number of carbonyl (C=O) groups is 1. The minimum atomic E-state index is -5.11. The summed E-state index contributed by atoms with van der Waals surface area (Å²) in [5.41, 5.74) is -4.29. The third-order valence-corrected chi connectivity index (χ3v) is 3.43. The van der Waals surface area contributed by atoms with Gasteiger partial charge in [0, 0.05) is 5.02 Å². The Kier molecular flexibility index (Phi) is 4.58. The van der Waals surface area contributed by atoms with E-state index in [1.54, 1.807) is 0 Å². The number of rotatable bonds is 1. The molecule has 5 nitrogen and oxygen atoms in total. The van der Waals surface area contributed by atoms with Gasteiger partial charge in [0.05, 0.1) is 12.1 Å². The molecule has 0 aromatic heterocycles. The van der Waals surface area contributed by atoms with E-state index < -0.39 is 30.0 Å². The molecule has 0 aliphatic carbocycles. The first-order valence-electron chi connectivity index (χ1n) is 6.99. The van der Waals surface area contributed by atoms with Crippen LogP contribution in [0.5, 0.6) is 0 Å². The molecular weight excluding hydrogens is 349 g/mol. The van der Waals surface area contributed by atoms with Crippen molar-refractivity contribution in [3.63, 3.8) is 0 Å². The van der Waals surface area contributed by atoms with Crippen molar-refractivity contribution in [3.05, 3.63) is 34.9 Å². The third kappa shape index (κ3) is 3.64. The molecule has 1 atom stereocenters. The van der Waals surface area contributed by atoms with Crippen LogP contribution >= 0.6 is 11.6 Å². The van der Waals surface area contributed by atoms with Crippen molar-refractivity contribution in [2.75, 3.05) is 0 Å². The molecule has 1 heterocycles. The molecule has 1 N–H and O–H groups in total. The van der Waals surface area contributed by atoms with Crippen LogP contribution in [0.15, 0.2) is 29.4 Å². The van der Waals surface area contributed by atoms with E-state index in [0.717, 1.165) is 0 Å². The van der Waals surface area contributed by atoms with Gasteiger partial charge in [-0.3, -0.25) is 0 Å². The first-order chi connectivity index (χ1) is 10.8. The van der Waals surface area contributed by atoms with Crippen LogP contribution in [0.3, 0.4) is 0 Å². The van der Waals surface area contributed by atoms with Gasteiger partial charge < -0.3 is 9.84 Å². The molecule has 132 valence electrons. The van der Waals surface area contributed by atoms with Gasteiger partial charge in [-0.1, -0.05) is 23.7 Å². The quantitative estimate of drug-likeness (QED) is 0.821. The summed E-state index contributed by atoms with van der Waals surface area (Å²) < 4.78 is 45.0. The Bertz CT molecular complexity index is 668. The fourth-order valence-corrected chi connectivity index (χ4v) is 2.19. The number of nitrogens with zero attached hydrogens (tertiary/aromatic N) is 2. The lowest BCUT2D eigenvalue weighted by atomic mass is 10.0. The van der Waals surface area contributed by atoms with E-state index in [4.69, 9.17) is 16.3 Å². The largest absolute Gasteiger partial charge is 0.442 e. The van der Waals surface area contributed by atoms with Crippen molar-refractivity contribution >= 4 is 23.4 Å². The number of halogens is 4. The second kappa shape index (κ2) is 5.93. The Hall–Kier alpha value is -1.80. The van der Waals surface area contributed by atoms with Gasteiger partial charge in [-0.2, -0.15) is 23.3 Å². The summed E-state index contributed by atoms with van der Waals surface area (Å²) in [4.78, 5) is 12.1. The van der Waals surface area contributed by atoms with E-state index in [0.29, 0.717) is 10.6 Å². The lowest BCUT2D eigenvalue weighted by molar-refractivity contribution is -0.300. The van der Waals surface area contributed by atoms with E-state index >= 15 is 0 Å². The van der Waals surface area contributed by atoms with Gasteiger partial charge >= 0.3 is 12.3 Å². The summed E-state index contributed by atoms with van der Waals surface area (Å²) in [6.45, 7) is 4.49. The SMILES string of the molecule is CC(C)(C)OC(=O)N1N=C(c2ccc(Cl)cc2)C[C@@]1(O)C(F)(F)F. The molecule has 1 aromatic rings. The predicted octanol–water partition coefficient (Wildman–Crippen LogP) is 3.94. The van der Waals surface area contributed by atoms with E-state index in [1.807, 2.05) is 0 Å². The Morgan fingerprint density at radius 3 is 2.29 bits per heavy atom. The number of amides is 1. The molecule has 2 rings (SSSR count). The van der Waals surface area contributed by atoms with Crippen LogP contribution in [0.25, 0.3) is 0 Å². The molecule has 0 fully saturated rings. The van der Waals surface area contributed by atoms with Gasteiger partial charge in [0.1, 0.15) is 5.60 Å². The smallest absolute Gasteiger partial charge is 0.439 e. The second-order valence-corrected chi connectivity index (χ2v) is 6.77. The summed E-state index contributed by atoms with van der Waals surface area (Å²) in [5, 5.41) is 14.1. The maximum absolute atomic E-state index is 13.3. The number of aliphatic hydroxyl groups is 1. The van der Waals surface area contributed by atoms with Gasteiger partial charge in [0.2, 0.25) is 0 Å². The van der Waals surface area contributed by atoms with Gasteiger partial charge in [0.25, 0.3) is 5.72 Å². The van der Waals surface area contributed by atoms with Crippen molar-refractivity contribution in [2.24, 2.45) is 5.10 Å². The molecule has 0 saturated carbocycles. The van der Waals surface area contributed by atoms with Gasteiger partial charge in [-0.05, 0) is 38.5 Å². The van der Waals surface area contributed by atoms with Crippen LogP contribution in [0.1, 0.15) is 32.8 Å². The van der Waals surface area contributed by atoms with Crippen LogP contribution in [0.4, 0.5) is 18.0 Å². The van der Waals surface area contributed by atoms with E-state index in [2.05, 4.69) is 5.10 Å². The third-order valence-electron chi connectivity index (χ3n) is 3.18. The van der Waals surface area contributed by atoms with Crippen molar-refractivity contribution in [3.8, 4) is 0 Å². The monoisotopic (exact) mass is 364 g/mol. The van der Waals surface area contributed by atoms with Crippen LogP contribution in [0.2, 0.25) is 5.02 Å². The number of carbonyl (C=O) groups excluding carboxylic acids is 1. The van der Waals surface area contributed by atoms with Crippen molar-refractivity contribution in [2.45, 2.75) is 44.7 Å². The molecule has 9 heteroatoms. The van der Waals surface area contributed by atoms with Gasteiger partial charge in [-0.25, -0.2) is 4.79 Å². The van der Waals surface area contributed by atoms with Gasteiger partial charge in [0.15, 0.2) is 0 Å². The highest BCUT2D eigenvalue weighted by Crippen LogP contribution is 2.42. The molecule has 1 aliphatic heterocycles. The number of hydrogen-bond acceptors (Lipinski definition) is 4. The maximum atomic E-state index is 13.3. The van der Waals surface area contributed by atoms with E-state index in [-0.39, 0.29) is 10.7 Å². The second-order valence-electron chi connectivity index (χ2n) is 6.34. The summed E-state index contributed by atoms with van der Waals surface area (Å²) >= 11 is 5.74. The van der Waals surface area contributed by atoms with E-state index in [9.17, 15) is 23.1 Å². The normalized spacial score (nSPS) is 21.7. The number of ether oxygens (including phenoxy) is 1. The molecule has 0 unspecified atom stereocenters. The fourth-order valence-electron chi connectivity index (χ4n) is 2.07. The minimum Gasteiger partial charge on any atom is -0.442 e. The molecule has 0 radical (unpaired) electrons. The Labute approximate surface area is 141 Å². The summed E-state index contributed by atoms with van der Waals surface area (Å²) in [6, 6.07) is 5.86. The summed E-state index contributed by atoms with van der Waals surface area (Å²) in [5.74, 6) is 0. The average molecular weight is 365 g/mol. The minimum absolute atomic E-state index is 0.0534. The topological polar surface area (TPSA) is 62.1 Å². The van der Waals surface area contributed by atoms with Crippen molar-refractivity contribution in [1.82, 2.24) is 5.01 Å². The number of alkyl halides is 3.